The van der Waals surface area contributed by atoms with Gasteiger partial charge >= 0.3 is 0 Å². The van der Waals surface area contributed by atoms with Gasteiger partial charge in [0.2, 0.25) is 0 Å². The van der Waals surface area contributed by atoms with Crippen molar-refractivity contribution in [1.29, 1.82) is 0 Å². The van der Waals surface area contributed by atoms with Gasteiger partial charge in [-0.3, -0.25) is 4.98 Å². The second-order valence-electron chi connectivity index (χ2n) is 4.96. The molecule has 4 nitrogen and oxygen atoms in total. The number of benzene rings is 1. The molecule has 1 unspecified atom stereocenters. The summed E-state index contributed by atoms with van der Waals surface area (Å²) < 4.78 is 32.0. The summed E-state index contributed by atoms with van der Waals surface area (Å²) in [4.78, 5) is 10.5. The number of nitrogens with zero attached hydrogens (tertiary/aromatic N) is 3. The van der Waals surface area contributed by atoms with Crippen LogP contribution in [0.15, 0.2) is 31.0 Å². The van der Waals surface area contributed by atoms with E-state index in [1.54, 1.807) is 12.3 Å². The Kier molecular flexibility index (Phi) is 3.79. The summed E-state index contributed by atoms with van der Waals surface area (Å²) in [6, 6.07) is 2.13. The van der Waals surface area contributed by atoms with Gasteiger partial charge in [-0.15, -0.1) is 6.58 Å². The molecule has 110 valence electrons. The van der Waals surface area contributed by atoms with Crippen molar-refractivity contribution in [3.05, 3.63) is 42.6 Å². The van der Waals surface area contributed by atoms with Gasteiger partial charge in [-0.05, 0) is 6.42 Å². The average Bonchev–Trinajstić information content (AvgIpc) is 2.95. The standard InChI is InChI=1S/C15H15F2N3O/c1-2-5-21-10-3-4-20(9-10)15-8-18-13-6-11(16)12(17)7-14(13)19-15/h2,6-8,10H,1,3-5,9H2. The first-order valence-electron chi connectivity index (χ1n) is 6.76. The van der Waals surface area contributed by atoms with E-state index in [2.05, 4.69) is 16.5 Å². The summed E-state index contributed by atoms with van der Waals surface area (Å²) in [6.45, 7) is 5.64. The topological polar surface area (TPSA) is 38.2 Å². The summed E-state index contributed by atoms with van der Waals surface area (Å²) in [6.07, 6.45) is 4.32. The van der Waals surface area contributed by atoms with Crippen molar-refractivity contribution < 1.29 is 13.5 Å². The normalized spacial score (nSPS) is 18.4. The van der Waals surface area contributed by atoms with E-state index in [1.165, 1.54) is 0 Å². The van der Waals surface area contributed by atoms with Crippen LogP contribution in [-0.2, 0) is 4.74 Å². The van der Waals surface area contributed by atoms with Crippen molar-refractivity contribution in [2.75, 3.05) is 24.6 Å². The minimum absolute atomic E-state index is 0.130. The molecule has 0 aliphatic carbocycles. The molecule has 21 heavy (non-hydrogen) atoms. The molecular weight excluding hydrogens is 276 g/mol. The van der Waals surface area contributed by atoms with E-state index in [0.29, 0.717) is 30.0 Å². The van der Waals surface area contributed by atoms with Crippen LogP contribution >= 0.6 is 0 Å². The summed E-state index contributed by atoms with van der Waals surface area (Å²) >= 11 is 0. The highest BCUT2D eigenvalue weighted by atomic mass is 19.2. The first-order valence-corrected chi connectivity index (χ1v) is 6.76. The third-order valence-electron chi connectivity index (χ3n) is 3.49. The Hall–Kier alpha value is -2.08. The zero-order chi connectivity index (χ0) is 14.8. The van der Waals surface area contributed by atoms with Gasteiger partial charge in [-0.25, -0.2) is 13.8 Å². The van der Waals surface area contributed by atoms with Gasteiger partial charge in [-0.2, -0.15) is 0 Å². The van der Waals surface area contributed by atoms with Crippen LogP contribution in [0.4, 0.5) is 14.6 Å². The Morgan fingerprint density at radius 1 is 1.33 bits per heavy atom. The summed E-state index contributed by atoms with van der Waals surface area (Å²) in [5.41, 5.74) is 0.693. The van der Waals surface area contributed by atoms with Crippen molar-refractivity contribution in [1.82, 2.24) is 9.97 Å². The molecule has 1 saturated heterocycles. The van der Waals surface area contributed by atoms with Crippen LogP contribution in [0.2, 0.25) is 0 Å². The maximum absolute atomic E-state index is 13.3. The van der Waals surface area contributed by atoms with Gasteiger partial charge < -0.3 is 9.64 Å². The molecule has 1 aliphatic rings. The predicted octanol–water partition coefficient (Wildman–Crippen LogP) is 2.69. The molecule has 1 aromatic carbocycles. The predicted molar refractivity (Wildman–Crippen MR) is 76.2 cm³/mol. The minimum Gasteiger partial charge on any atom is -0.372 e. The second kappa shape index (κ2) is 5.73. The largest absolute Gasteiger partial charge is 0.372 e. The van der Waals surface area contributed by atoms with Gasteiger partial charge in [0.05, 0.1) is 29.9 Å². The number of anilines is 1. The number of hydrogen-bond acceptors (Lipinski definition) is 4. The minimum atomic E-state index is -0.914. The third kappa shape index (κ3) is 2.85. The van der Waals surface area contributed by atoms with E-state index >= 15 is 0 Å². The maximum Gasteiger partial charge on any atom is 0.161 e. The number of fused-ring (bicyclic) bond motifs is 1. The molecule has 3 rings (SSSR count). The van der Waals surface area contributed by atoms with Crippen molar-refractivity contribution in [3.63, 3.8) is 0 Å². The first-order chi connectivity index (χ1) is 10.2. The SMILES string of the molecule is C=CCOC1CCN(c2cnc3cc(F)c(F)cc3n2)C1. The maximum atomic E-state index is 13.3. The van der Waals surface area contributed by atoms with E-state index in [0.717, 1.165) is 25.1 Å². The van der Waals surface area contributed by atoms with Crippen molar-refractivity contribution >= 4 is 16.9 Å². The lowest BCUT2D eigenvalue weighted by Gasteiger charge is -2.17. The van der Waals surface area contributed by atoms with Crippen LogP contribution in [0.5, 0.6) is 0 Å². The molecule has 0 bridgehead atoms. The zero-order valence-corrected chi connectivity index (χ0v) is 11.4. The average molecular weight is 291 g/mol. The molecular formula is C15H15F2N3O. The summed E-state index contributed by atoms with van der Waals surface area (Å²) in [7, 11) is 0. The molecule has 0 N–H and O–H groups in total. The van der Waals surface area contributed by atoms with Crippen LogP contribution < -0.4 is 4.90 Å². The van der Waals surface area contributed by atoms with Crippen LogP contribution in [0.25, 0.3) is 11.0 Å². The first kappa shape index (κ1) is 13.9. The lowest BCUT2D eigenvalue weighted by atomic mass is 10.3. The fourth-order valence-corrected chi connectivity index (χ4v) is 2.43. The molecule has 2 heterocycles. The van der Waals surface area contributed by atoms with Gasteiger partial charge in [0, 0.05) is 25.2 Å². The highest BCUT2D eigenvalue weighted by Gasteiger charge is 2.24. The number of hydrogen-bond donors (Lipinski definition) is 0. The molecule has 6 heteroatoms. The molecule has 2 aromatic rings. The monoisotopic (exact) mass is 291 g/mol. The smallest absolute Gasteiger partial charge is 0.161 e. The Morgan fingerprint density at radius 2 is 2.10 bits per heavy atom. The Morgan fingerprint density at radius 3 is 2.86 bits per heavy atom. The van der Waals surface area contributed by atoms with Gasteiger partial charge in [0.1, 0.15) is 5.82 Å². The van der Waals surface area contributed by atoms with E-state index in [-0.39, 0.29) is 6.10 Å². The van der Waals surface area contributed by atoms with Crippen molar-refractivity contribution in [2.24, 2.45) is 0 Å². The molecule has 0 amide bonds. The van der Waals surface area contributed by atoms with E-state index in [9.17, 15) is 8.78 Å². The van der Waals surface area contributed by atoms with Crippen LogP contribution in [-0.4, -0.2) is 35.8 Å². The molecule has 1 aromatic heterocycles. The second-order valence-corrected chi connectivity index (χ2v) is 4.96. The molecule has 0 saturated carbocycles. The van der Waals surface area contributed by atoms with Crippen LogP contribution in [0, 0.1) is 11.6 Å². The third-order valence-corrected chi connectivity index (χ3v) is 3.49. The van der Waals surface area contributed by atoms with Crippen LogP contribution in [0.1, 0.15) is 6.42 Å². The molecule has 1 fully saturated rings. The highest BCUT2D eigenvalue weighted by Crippen LogP contribution is 2.22. The highest BCUT2D eigenvalue weighted by molar-refractivity contribution is 5.75. The summed E-state index contributed by atoms with van der Waals surface area (Å²) in [5, 5.41) is 0. The fourth-order valence-electron chi connectivity index (χ4n) is 2.43. The van der Waals surface area contributed by atoms with Crippen molar-refractivity contribution in [3.8, 4) is 0 Å². The lowest BCUT2D eigenvalue weighted by molar-refractivity contribution is 0.0909. The Bertz CT molecular complexity index is 677. The van der Waals surface area contributed by atoms with Crippen molar-refractivity contribution in [2.45, 2.75) is 12.5 Å². The van der Waals surface area contributed by atoms with Gasteiger partial charge in [0.25, 0.3) is 0 Å². The molecule has 0 radical (unpaired) electrons. The molecule has 0 spiro atoms. The summed E-state index contributed by atoms with van der Waals surface area (Å²) in [5.74, 6) is -1.18. The zero-order valence-electron chi connectivity index (χ0n) is 11.4. The van der Waals surface area contributed by atoms with E-state index in [4.69, 9.17) is 4.74 Å². The number of aromatic nitrogens is 2. The number of ether oxygens (including phenoxy) is 1. The Labute approximate surface area is 121 Å². The lowest BCUT2D eigenvalue weighted by Crippen LogP contribution is -2.24. The quantitative estimate of drug-likeness (QED) is 0.812. The number of halogens is 2. The van der Waals surface area contributed by atoms with Crippen LogP contribution in [0.3, 0.4) is 0 Å². The number of rotatable bonds is 4. The van der Waals surface area contributed by atoms with Gasteiger partial charge in [-0.1, -0.05) is 6.08 Å². The molecule has 1 aliphatic heterocycles. The Balaban J connectivity index is 1.81. The fraction of sp³-hybridized carbons (Fsp3) is 0.333. The van der Waals surface area contributed by atoms with E-state index < -0.39 is 11.6 Å². The van der Waals surface area contributed by atoms with E-state index in [1.807, 2.05) is 4.90 Å². The van der Waals surface area contributed by atoms with Gasteiger partial charge in [0.15, 0.2) is 11.6 Å². The molecule has 1 atom stereocenters.